The fourth-order valence-corrected chi connectivity index (χ4v) is 8.14. The molecule has 2 aromatic carbocycles. The highest BCUT2D eigenvalue weighted by molar-refractivity contribution is 6.24. The lowest BCUT2D eigenvalue weighted by atomic mass is 9.57. The maximum Gasteiger partial charge on any atom is 0.308 e. The van der Waals surface area contributed by atoms with E-state index in [0.717, 1.165) is 0 Å². The van der Waals surface area contributed by atoms with Crippen LogP contribution in [0.2, 0.25) is 0 Å². The average molecular weight is 689 g/mol. The van der Waals surface area contributed by atoms with E-state index in [1.54, 1.807) is 44.4 Å². The molecule has 14 heteroatoms. The predicted molar refractivity (Wildman–Crippen MR) is 179 cm³/mol. The van der Waals surface area contributed by atoms with Crippen molar-refractivity contribution >= 4 is 40.8 Å². The van der Waals surface area contributed by atoms with Crippen LogP contribution < -0.4 is 11.1 Å². The van der Waals surface area contributed by atoms with Crippen molar-refractivity contribution in [3.8, 4) is 16.9 Å². The Balaban J connectivity index is 1.27. The number of carbonyl (C=O) groups is 5. The second-order valence-corrected chi connectivity index (χ2v) is 13.6. The molecular weight excluding hydrogens is 648 g/mol. The predicted octanol–water partition coefficient (Wildman–Crippen LogP) is 1.45. The highest BCUT2D eigenvalue weighted by Crippen LogP contribution is 2.53. The molecule has 264 valence electrons. The third-order valence-corrected chi connectivity index (χ3v) is 10.6. The van der Waals surface area contributed by atoms with Gasteiger partial charge in [0, 0.05) is 17.2 Å². The second kappa shape index (κ2) is 13.0. The number of ether oxygens (including phenoxy) is 1. The van der Waals surface area contributed by atoms with Crippen molar-refractivity contribution in [3.05, 3.63) is 64.4 Å². The quantitative estimate of drug-likeness (QED) is 0.180. The molecule has 1 aliphatic heterocycles. The van der Waals surface area contributed by atoms with E-state index in [1.165, 1.54) is 18.1 Å². The van der Waals surface area contributed by atoms with Crippen molar-refractivity contribution in [2.75, 3.05) is 46.2 Å². The molecule has 1 saturated heterocycles. The smallest absolute Gasteiger partial charge is 0.308 e. The van der Waals surface area contributed by atoms with Gasteiger partial charge in [0.25, 0.3) is 5.91 Å². The Kier molecular flexibility index (Phi) is 9.05. The number of phenolic OH excluding ortho intramolecular Hbond substituents is 1. The SMILES string of the molecule is COC(=O)C1CCN(CC(=O)Nc2ccc(-c3ccc(O)c4c3CC3CC5C(N(C)C)C(=O)C(C(N)=O)=C(O)C5(O)C(=O)C3=C4O)cc2)CC1. The van der Waals surface area contributed by atoms with E-state index in [2.05, 4.69) is 5.32 Å². The zero-order valence-electron chi connectivity index (χ0n) is 27.9. The molecule has 2 aromatic rings. The highest BCUT2D eigenvalue weighted by atomic mass is 16.5. The summed E-state index contributed by atoms with van der Waals surface area (Å²) in [6.45, 7) is 1.38. The van der Waals surface area contributed by atoms with Crippen molar-refractivity contribution in [2.45, 2.75) is 37.3 Å². The van der Waals surface area contributed by atoms with Gasteiger partial charge in [-0.05, 0) is 93.7 Å². The number of phenols is 1. The van der Waals surface area contributed by atoms with Gasteiger partial charge in [0.15, 0.2) is 11.4 Å². The first-order valence-electron chi connectivity index (χ1n) is 16.4. The Morgan fingerprint density at radius 2 is 1.70 bits per heavy atom. The summed E-state index contributed by atoms with van der Waals surface area (Å²) >= 11 is 0. The van der Waals surface area contributed by atoms with Crippen molar-refractivity contribution < 1.29 is 49.1 Å². The number of benzene rings is 2. The number of likely N-dealkylation sites (tertiary alicyclic amines) is 1. The second-order valence-electron chi connectivity index (χ2n) is 13.6. The topological polar surface area (TPSA) is 220 Å². The van der Waals surface area contributed by atoms with Gasteiger partial charge in [0.05, 0.1) is 31.2 Å². The number of hydrogen-bond acceptors (Lipinski definition) is 12. The first-order valence-corrected chi connectivity index (χ1v) is 16.4. The average Bonchev–Trinajstić information content (AvgIpc) is 3.06. The Labute approximate surface area is 287 Å². The first-order chi connectivity index (χ1) is 23.7. The number of nitrogens with one attached hydrogen (secondary N) is 1. The van der Waals surface area contributed by atoms with Gasteiger partial charge in [-0.2, -0.15) is 0 Å². The Morgan fingerprint density at radius 3 is 2.30 bits per heavy atom. The minimum absolute atomic E-state index is 0.00728. The molecule has 7 N–H and O–H groups in total. The molecule has 1 saturated carbocycles. The summed E-state index contributed by atoms with van der Waals surface area (Å²) in [4.78, 5) is 67.7. The summed E-state index contributed by atoms with van der Waals surface area (Å²) in [5, 5.41) is 48.2. The Morgan fingerprint density at radius 1 is 1.04 bits per heavy atom. The minimum atomic E-state index is -2.71. The molecule has 2 amide bonds. The van der Waals surface area contributed by atoms with Crippen LogP contribution >= 0.6 is 0 Å². The van der Waals surface area contributed by atoms with Gasteiger partial charge in [0.1, 0.15) is 22.8 Å². The normalized spacial score (nSPS) is 25.6. The van der Waals surface area contributed by atoms with Crippen molar-refractivity contribution in [1.82, 2.24) is 9.80 Å². The van der Waals surface area contributed by atoms with Gasteiger partial charge in [-0.15, -0.1) is 0 Å². The molecule has 0 radical (unpaired) electrons. The number of nitrogens with zero attached hydrogens (tertiary/aromatic N) is 2. The number of aliphatic hydroxyl groups excluding tert-OH is 2. The number of amides is 2. The van der Waals surface area contributed by atoms with Crippen LogP contribution in [0, 0.1) is 17.8 Å². The Hall–Kier alpha value is -5.05. The molecule has 3 aliphatic carbocycles. The van der Waals surface area contributed by atoms with Crippen LogP contribution in [0.15, 0.2) is 53.3 Å². The third-order valence-electron chi connectivity index (χ3n) is 10.6. The number of Topliss-reactive ketones (excluding diaryl/α,β-unsaturated/α-hetero) is 2. The maximum absolute atomic E-state index is 14.1. The summed E-state index contributed by atoms with van der Waals surface area (Å²) in [6, 6.07) is 8.89. The largest absolute Gasteiger partial charge is 0.508 e. The first kappa shape index (κ1) is 34.8. The number of piperidine rings is 1. The highest BCUT2D eigenvalue weighted by Gasteiger charge is 2.64. The number of fused-ring (bicyclic) bond motifs is 3. The zero-order valence-corrected chi connectivity index (χ0v) is 27.9. The summed E-state index contributed by atoms with van der Waals surface area (Å²) in [7, 11) is 4.46. The third kappa shape index (κ3) is 5.62. The van der Waals surface area contributed by atoms with Crippen LogP contribution in [0.25, 0.3) is 16.9 Å². The standard InChI is InChI=1S/C36H40N4O10/c1-39(2)29-23-15-19-14-22-21(17-4-6-20(7-5-17)38-25(42)16-40-12-10-18(11-13-40)35(48)50-3)8-9-24(41)27(22)30(43)26(19)32(45)36(23,49)33(46)28(31(29)44)34(37)47/h4-9,18-19,23,29,41,43,46,49H,10-16H2,1-3H3,(H2,37,47)(H,38,42). The van der Waals surface area contributed by atoms with Crippen LogP contribution in [0.1, 0.15) is 30.4 Å². The van der Waals surface area contributed by atoms with E-state index in [1.807, 2.05) is 4.90 Å². The fraction of sp³-hybridized carbons (Fsp3) is 0.417. The van der Waals surface area contributed by atoms with E-state index in [9.17, 15) is 44.4 Å². The van der Waals surface area contributed by atoms with Gasteiger partial charge in [-0.25, -0.2) is 0 Å². The fourth-order valence-electron chi connectivity index (χ4n) is 8.14. The summed E-state index contributed by atoms with van der Waals surface area (Å²) < 4.78 is 4.83. The van der Waals surface area contributed by atoms with Gasteiger partial charge >= 0.3 is 5.97 Å². The number of primary amides is 1. The van der Waals surface area contributed by atoms with Gasteiger partial charge in [-0.1, -0.05) is 18.2 Å². The molecule has 2 fully saturated rings. The molecule has 1 heterocycles. The number of aliphatic hydroxyl groups is 3. The van der Waals surface area contributed by atoms with Crippen LogP contribution in [0.5, 0.6) is 5.75 Å². The molecule has 0 aromatic heterocycles. The number of rotatable bonds is 7. The lowest BCUT2D eigenvalue weighted by molar-refractivity contribution is -0.153. The number of likely N-dealkylation sites (N-methyl/N-ethyl adjacent to an activating group) is 1. The minimum Gasteiger partial charge on any atom is -0.508 e. The molecule has 6 rings (SSSR count). The Bertz CT molecular complexity index is 1860. The molecule has 4 aliphatic rings. The lowest BCUT2D eigenvalue weighted by Gasteiger charge is -2.50. The monoisotopic (exact) mass is 688 g/mol. The van der Waals surface area contributed by atoms with Gasteiger partial charge < -0.3 is 36.2 Å². The molecule has 0 bridgehead atoms. The summed E-state index contributed by atoms with van der Waals surface area (Å²) in [5.74, 6) is -7.68. The van der Waals surface area contributed by atoms with Crippen LogP contribution in [-0.2, 0) is 35.1 Å². The number of esters is 1. The van der Waals surface area contributed by atoms with Crippen molar-refractivity contribution in [3.63, 3.8) is 0 Å². The molecule has 50 heavy (non-hydrogen) atoms. The lowest BCUT2D eigenvalue weighted by Crippen LogP contribution is -2.65. The number of hydrogen-bond donors (Lipinski definition) is 6. The summed E-state index contributed by atoms with van der Waals surface area (Å²) in [5.41, 5.74) is 4.01. The van der Waals surface area contributed by atoms with Crippen LogP contribution in [0.3, 0.4) is 0 Å². The van der Waals surface area contributed by atoms with Crippen molar-refractivity contribution in [2.24, 2.45) is 23.5 Å². The zero-order chi connectivity index (χ0) is 36.2. The van der Waals surface area contributed by atoms with E-state index in [4.69, 9.17) is 10.5 Å². The maximum atomic E-state index is 14.1. The number of nitrogens with two attached hydrogens (primary N) is 1. The molecule has 0 spiro atoms. The number of carbonyl (C=O) groups excluding carboxylic acids is 5. The van der Waals surface area contributed by atoms with E-state index in [-0.39, 0.29) is 54.1 Å². The molecule has 14 nitrogen and oxygen atoms in total. The van der Waals surface area contributed by atoms with Gasteiger partial charge in [-0.3, -0.25) is 33.8 Å². The number of methoxy groups -OCH3 is 1. The number of ketones is 2. The molecule has 4 atom stereocenters. The van der Waals surface area contributed by atoms with Crippen LogP contribution in [-0.4, -0.2) is 112 Å². The van der Waals surface area contributed by atoms with E-state index in [0.29, 0.717) is 48.3 Å². The van der Waals surface area contributed by atoms with Gasteiger partial charge in [0.2, 0.25) is 11.7 Å². The van der Waals surface area contributed by atoms with E-state index >= 15 is 0 Å². The number of aromatic hydroxyl groups is 1. The number of anilines is 1. The molecule has 4 unspecified atom stereocenters. The summed E-state index contributed by atoms with van der Waals surface area (Å²) in [6.07, 6.45) is 1.37. The van der Waals surface area contributed by atoms with E-state index < -0.39 is 58.0 Å². The van der Waals surface area contributed by atoms with Crippen molar-refractivity contribution in [1.29, 1.82) is 0 Å². The molecular formula is C36H40N4O10. The van der Waals surface area contributed by atoms with Crippen LogP contribution in [0.4, 0.5) is 5.69 Å².